The monoisotopic (exact) mass is 251 g/mol. The molecule has 0 bridgehead atoms. The lowest BCUT2D eigenvalue weighted by atomic mass is 10.1. The second kappa shape index (κ2) is 5.16. The summed E-state index contributed by atoms with van der Waals surface area (Å²) in [6.45, 7) is 2.04. The van der Waals surface area contributed by atoms with Gasteiger partial charge in [-0.05, 0) is 25.7 Å². The van der Waals surface area contributed by atoms with Crippen LogP contribution in [0.25, 0.3) is 0 Å². The molecule has 18 heavy (non-hydrogen) atoms. The number of nitrogens with zero attached hydrogens (tertiary/aromatic N) is 3. The average molecular weight is 251 g/mol. The van der Waals surface area contributed by atoms with Crippen LogP contribution < -0.4 is 11.1 Å². The van der Waals surface area contributed by atoms with E-state index in [2.05, 4.69) is 15.3 Å². The lowest BCUT2D eigenvalue weighted by Crippen LogP contribution is -2.17. The van der Waals surface area contributed by atoms with Crippen LogP contribution >= 0.6 is 0 Å². The standard InChI is InChI=1S/C11H17N5O2/c1-7(2-3-8-4-5-8)14-11-13-6-9(16(17)18)10(12)15-11/h6-8H,2-5H2,1H3,(H3,12,13,14,15). The molecule has 1 aliphatic rings. The quantitative estimate of drug-likeness (QED) is 0.591. The zero-order valence-corrected chi connectivity index (χ0v) is 10.3. The minimum atomic E-state index is -0.588. The van der Waals surface area contributed by atoms with Gasteiger partial charge in [0.15, 0.2) is 0 Å². The maximum Gasteiger partial charge on any atom is 0.329 e. The van der Waals surface area contributed by atoms with E-state index in [0.29, 0.717) is 5.95 Å². The second-order valence-electron chi connectivity index (χ2n) is 4.79. The first kappa shape index (κ1) is 12.5. The smallest absolute Gasteiger partial charge is 0.329 e. The van der Waals surface area contributed by atoms with Crippen molar-refractivity contribution < 1.29 is 4.92 Å². The summed E-state index contributed by atoms with van der Waals surface area (Å²) < 4.78 is 0. The molecule has 7 heteroatoms. The van der Waals surface area contributed by atoms with E-state index in [1.807, 2.05) is 6.92 Å². The Labute approximate surface area is 105 Å². The van der Waals surface area contributed by atoms with Crippen LogP contribution in [-0.2, 0) is 0 Å². The van der Waals surface area contributed by atoms with Gasteiger partial charge in [-0.25, -0.2) is 4.98 Å². The summed E-state index contributed by atoms with van der Waals surface area (Å²) in [7, 11) is 0. The molecule has 0 amide bonds. The molecule has 1 aromatic heterocycles. The Morgan fingerprint density at radius 1 is 1.67 bits per heavy atom. The van der Waals surface area contributed by atoms with Crippen LogP contribution in [-0.4, -0.2) is 20.9 Å². The fourth-order valence-corrected chi connectivity index (χ4v) is 1.78. The second-order valence-corrected chi connectivity index (χ2v) is 4.79. The molecule has 98 valence electrons. The Morgan fingerprint density at radius 3 is 2.94 bits per heavy atom. The topological polar surface area (TPSA) is 107 Å². The summed E-state index contributed by atoms with van der Waals surface area (Å²) in [6.07, 6.45) is 6.07. The van der Waals surface area contributed by atoms with E-state index in [1.165, 1.54) is 19.3 Å². The molecule has 0 aromatic carbocycles. The van der Waals surface area contributed by atoms with Gasteiger partial charge in [0.2, 0.25) is 11.8 Å². The van der Waals surface area contributed by atoms with Gasteiger partial charge in [0.25, 0.3) is 0 Å². The number of aromatic nitrogens is 2. The van der Waals surface area contributed by atoms with E-state index in [4.69, 9.17) is 5.73 Å². The number of hydrogen-bond acceptors (Lipinski definition) is 6. The van der Waals surface area contributed by atoms with Crippen LogP contribution in [0.1, 0.15) is 32.6 Å². The lowest BCUT2D eigenvalue weighted by molar-refractivity contribution is -0.384. The molecule has 7 nitrogen and oxygen atoms in total. The molecule has 1 fully saturated rings. The first-order valence-electron chi connectivity index (χ1n) is 6.09. The summed E-state index contributed by atoms with van der Waals surface area (Å²) in [5, 5.41) is 13.7. The molecule has 3 N–H and O–H groups in total. The van der Waals surface area contributed by atoms with Crippen molar-refractivity contribution >= 4 is 17.5 Å². The Balaban J connectivity index is 1.91. The molecule has 1 aromatic rings. The highest BCUT2D eigenvalue weighted by molar-refractivity contribution is 5.53. The third-order valence-electron chi connectivity index (χ3n) is 3.07. The van der Waals surface area contributed by atoms with E-state index in [9.17, 15) is 10.1 Å². The molecule has 1 unspecified atom stereocenters. The maximum absolute atomic E-state index is 10.6. The first-order valence-corrected chi connectivity index (χ1v) is 6.09. The first-order chi connectivity index (χ1) is 8.56. The highest BCUT2D eigenvalue weighted by atomic mass is 16.6. The summed E-state index contributed by atoms with van der Waals surface area (Å²) in [6, 6.07) is 0.242. The maximum atomic E-state index is 10.6. The number of nitrogen functional groups attached to an aromatic ring is 1. The van der Waals surface area contributed by atoms with Gasteiger partial charge in [0.1, 0.15) is 6.20 Å². The fourth-order valence-electron chi connectivity index (χ4n) is 1.78. The van der Waals surface area contributed by atoms with Crippen molar-refractivity contribution in [2.75, 3.05) is 11.1 Å². The van der Waals surface area contributed by atoms with Crippen molar-refractivity contribution in [3.63, 3.8) is 0 Å². The van der Waals surface area contributed by atoms with Crippen LogP contribution in [0.2, 0.25) is 0 Å². The van der Waals surface area contributed by atoms with Crippen molar-refractivity contribution in [2.24, 2.45) is 5.92 Å². The third kappa shape index (κ3) is 3.28. The van der Waals surface area contributed by atoms with Gasteiger partial charge in [-0.2, -0.15) is 4.98 Å². The molecule has 1 atom stereocenters. The Morgan fingerprint density at radius 2 is 2.39 bits per heavy atom. The lowest BCUT2D eigenvalue weighted by Gasteiger charge is -2.13. The highest BCUT2D eigenvalue weighted by Crippen LogP contribution is 2.34. The number of anilines is 2. The SMILES string of the molecule is CC(CCC1CC1)Nc1ncc([N+](=O)[O-])c(N)n1. The van der Waals surface area contributed by atoms with Crippen molar-refractivity contribution in [1.82, 2.24) is 9.97 Å². The molecule has 2 rings (SSSR count). The van der Waals surface area contributed by atoms with Crippen molar-refractivity contribution in [1.29, 1.82) is 0 Å². The van der Waals surface area contributed by atoms with Gasteiger partial charge in [-0.1, -0.05) is 12.8 Å². The summed E-state index contributed by atoms with van der Waals surface area (Å²) >= 11 is 0. The molecule has 0 radical (unpaired) electrons. The van der Waals surface area contributed by atoms with Crippen LogP contribution in [0.4, 0.5) is 17.5 Å². The highest BCUT2D eigenvalue weighted by Gasteiger charge is 2.22. The molecule has 0 saturated heterocycles. The summed E-state index contributed by atoms with van der Waals surface area (Å²) in [4.78, 5) is 17.8. The van der Waals surface area contributed by atoms with Crippen molar-refractivity contribution in [3.05, 3.63) is 16.3 Å². The minimum Gasteiger partial charge on any atom is -0.378 e. The largest absolute Gasteiger partial charge is 0.378 e. The van der Waals surface area contributed by atoms with Crippen LogP contribution in [0.3, 0.4) is 0 Å². The van der Waals surface area contributed by atoms with Gasteiger partial charge in [-0.3, -0.25) is 10.1 Å². The van der Waals surface area contributed by atoms with Crippen molar-refractivity contribution in [2.45, 2.75) is 38.6 Å². The third-order valence-corrected chi connectivity index (χ3v) is 3.07. The van der Waals surface area contributed by atoms with E-state index < -0.39 is 4.92 Å². The fraction of sp³-hybridized carbons (Fsp3) is 0.636. The molecule has 1 saturated carbocycles. The van der Waals surface area contributed by atoms with Crippen LogP contribution in [0.15, 0.2) is 6.20 Å². The number of nitro groups is 1. The van der Waals surface area contributed by atoms with Gasteiger partial charge in [0.05, 0.1) is 4.92 Å². The number of nitrogens with two attached hydrogens (primary N) is 1. The van der Waals surface area contributed by atoms with E-state index in [1.54, 1.807) is 0 Å². The molecular weight excluding hydrogens is 234 g/mol. The summed E-state index contributed by atoms with van der Waals surface area (Å²) in [5.74, 6) is 1.13. The zero-order chi connectivity index (χ0) is 13.1. The Bertz CT molecular complexity index is 447. The zero-order valence-electron chi connectivity index (χ0n) is 10.3. The normalized spacial score (nSPS) is 16.3. The Hall–Kier alpha value is -1.92. The average Bonchev–Trinajstić information content (AvgIpc) is 3.09. The van der Waals surface area contributed by atoms with E-state index >= 15 is 0 Å². The number of hydrogen-bond donors (Lipinski definition) is 2. The molecule has 0 aliphatic heterocycles. The number of nitrogens with one attached hydrogen (secondary N) is 1. The van der Waals surface area contributed by atoms with E-state index in [0.717, 1.165) is 18.5 Å². The number of rotatable bonds is 6. The molecular formula is C11H17N5O2. The van der Waals surface area contributed by atoms with Gasteiger partial charge in [-0.15, -0.1) is 0 Å². The van der Waals surface area contributed by atoms with Gasteiger partial charge >= 0.3 is 5.69 Å². The molecule has 1 aliphatic carbocycles. The van der Waals surface area contributed by atoms with Crippen molar-refractivity contribution in [3.8, 4) is 0 Å². The summed E-state index contributed by atoms with van der Waals surface area (Å²) in [5.41, 5.74) is 5.24. The van der Waals surface area contributed by atoms with Crippen LogP contribution in [0, 0.1) is 16.0 Å². The predicted octanol–water partition coefficient (Wildman–Crippen LogP) is 1.96. The minimum absolute atomic E-state index is 0.105. The Kier molecular flexibility index (Phi) is 3.59. The van der Waals surface area contributed by atoms with Gasteiger partial charge < -0.3 is 11.1 Å². The predicted molar refractivity (Wildman–Crippen MR) is 68.1 cm³/mol. The van der Waals surface area contributed by atoms with E-state index in [-0.39, 0.29) is 17.5 Å². The molecule has 1 heterocycles. The van der Waals surface area contributed by atoms with Crippen LogP contribution in [0.5, 0.6) is 0 Å². The molecule has 0 spiro atoms. The van der Waals surface area contributed by atoms with Gasteiger partial charge in [0, 0.05) is 6.04 Å².